The highest BCUT2D eigenvalue weighted by Crippen LogP contribution is 2.39. The Morgan fingerprint density at radius 1 is 1.05 bits per heavy atom. The molecule has 0 spiro atoms. The molecule has 108 valence electrons. The Bertz CT molecular complexity index is 824. The highest BCUT2D eigenvalue weighted by molar-refractivity contribution is 8.04. The summed E-state index contributed by atoms with van der Waals surface area (Å²) < 4.78 is 0. The van der Waals surface area contributed by atoms with Crippen molar-refractivity contribution in [3.63, 3.8) is 0 Å². The number of nitrogens with zero attached hydrogens (tertiary/aromatic N) is 1. The molecule has 2 aromatic rings. The van der Waals surface area contributed by atoms with Crippen LogP contribution in [0.1, 0.15) is 15.9 Å². The Morgan fingerprint density at radius 2 is 1.77 bits per heavy atom. The molecular formula is C17H11NO3S. The van der Waals surface area contributed by atoms with E-state index < -0.39 is 4.92 Å². The van der Waals surface area contributed by atoms with Crippen molar-refractivity contribution < 1.29 is 9.72 Å². The molecule has 0 atom stereocenters. The Labute approximate surface area is 131 Å². The van der Waals surface area contributed by atoms with E-state index >= 15 is 0 Å². The third-order valence-corrected chi connectivity index (χ3v) is 4.35. The third kappa shape index (κ3) is 2.71. The van der Waals surface area contributed by atoms with Crippen LogP contribution in [0.2, 0.25) is 0 Å². The molecule has 2 aromatic carbocycles. The summed E-state index contributed by atoms with van der Waals surface area (Å²) in [4.78, 5) is 24.3. The maximum atomic E-state index is 12.2. The van der Waals surface area contributed by atoms with Gasteiger partial charge in [0.05, 0.1) is 15.4 Å². The number of Topliss-reactive ketones (excluding diaryl/α,β-unsaturated/α-hetero) is 1. The molecule has 0 fully saturated rings. The van der Waals surface area contributed by atoms with Gasteiger partial charge in [0, 0.05) is 16.5 Å². The largest absolute Gasteiger partial charge is 0.288 e. The van der Waals surface area contributed by atoms with Gasteiger partial charge in [-0.05, 0) is 30.4 Å². The summed E-state index contributed by atoms with van der Waals surface area (Å²) in [5.41, 5.74) is 1.26. The van der Waals surface area contributed by atoms with Gasteiger partial charge in [-0.15, -0.1) is 0 Å². The van der Waals surface area contributed by atoms with Gasteiger partial charge in [-0.1, -0.05) is 42.1 Å². The second-order valence-corrected chi connectivity index (χ2v) is 5.72. The number of allylic oxidation sites excluding steroid dienone is 3. The normalized spacial score (nSPS) is 15.5. The quantitative estimate of drug-likeness (QED) is 0.476. The minimum absolute atomic E-state index is 0.00666. The molecule has 0 aliphatic carbocycles. The van der Waals surface area contributed by atoms with Crippen LogP contribution in [0, 0.1) is 10.1 Å². The summed E-state index contributed by atoms with van der Waals surface area (Å²) in [5.74, 6) is -0.00666. The summed E-state index contributed by atoms with van der Waals surface area (Å²) in [6.45, 7) is 0. The van der Waals surface area contributed by atoms with Crippen LogP contribution < -0.4 is 0 Å². The van der Waals surface area contributed by atoms with Crippen molar-refractivity contribution in [1.29, 1.82) is 0 Å². The molecule has 3 rings (SSSR count). The number of carbonyl (C=O) groups is 1. The number of hydrogen-bond donors (Lipinski definition) is 0. The smallest absolute Gasteiger partial charge is 0.276 e. The second kappa shape index (κ2) is 5.99. The fourth-order valence-electron chi connectivity index (χ4n) is 2.18. The topological polar surface area (TPSA) is 60.2 Å². The van der Waals surface area contributed by atoms with E-state index in [9.17, 15) is 14.9 Å². The van der Waals surface area contributed by atoms with Crippen molar-refractivity contribution >= 4 is 29.3 Å². The molecule has 0 N–H and O–H groups in total. The van der Waals surface area contributed by atoms with Gasteiger partial charge in [0.1, 0.15) is 0 Å². The first kappa shape index (κ1) is 14.3. The van der Waals surface area contributed by atoms with Gasteiger partial charge in [0.2, 0.25) is 5.78 Å². The molecule has 0 bridgehead atoms. The molecule has 0 saturated carbocycles. The molecule has 4 nitrogen and oxygen atoms in total. The zero-order chi connectivity index (χ0) is 15.5. The number of fused-ring (bicyclic) bond motifs is 1. The van der Waals surface area contributed by atoms with Crippen molar-refractivity contribution in [3.8, 4) is 0 Å². The standard InChI is InChI=1S/C17H11NO3S/c19-17-13-8-2-4-10-15(13)22-16(17)11-5-7-12-6-1-3-9-14(12)18(20)21/h1-11H/b7-5+,16-11+. The average Bonchev–Trinajstić information content (AvgIpc) is 2.85. The number of benzene rings is 2. The first-order valence-corrected chi connectivity index (χ1v) is 7.42. The van der Waals surface area contributed by atoms with Gasteiger partial charge in [0.25, 0.3) is 5.69 Å². The number of para-hydroxylation sites is 1. The van der Waals surface area contributed by atoms with Crippen molar-refractivity contribution in [2.24, 2.45) is 0 Å². The first-order valence-electron chi connectivity index (χ1n) is 6.60. The van der Waals surface area contributed by atoms with Crippen molar-refractivity contribution in [1.82, 2.24) is 0 Å². The maximum Gasteiger partial charge on any atom is 0.276 e. The molecule has 0 aromatic heterocycles. The molecule has 0 saturated heterocycles. The van der Waals surface area contributed by atoms with E-state index in [1.54, 1.807) is 42.5 Å². The highest BCUT2D eigenvalue weighted by atomic mass is 32.2. The lowest BCUT2D eigenvalue weighted by Gasteiger charge is -1.95. The van der Waals surface area contributed by atoms with Crippen LogP contribution in [0.15, 0.2) is 70.5 Å². The number of carbonyl (C=O) groups excluding carboxylic acids is 1. The van der Waals surface area contributed by atoms with E-state index in [-0.39, 0.29) is 11.5 Å². The lowest BCUT2D eigenvalue weighted by molar-refractivity contribution is -0.385. The van der Waals surface area contributed by atoms with E-state index in [1.807, 2.05) is 18.2 Å². The van der Waals surface area contributed by atoms with E-state index in [1.165, 1.54) is 17.8 Å². The minimum Gasteiger partial charge on any atom is -0.288 e. The van der Waals surface area contributed by atoms with Crippen LogP contribution in [0.25, 0.3) is 6.08 Å². The van der Waals surface area contributed by atoms with E-state index in [4.69, 9.17) is 0 Å². The first-order chi connectivity index (χ1) is 10.7. The monoisotopic (exact) mass is 309 g/mol. The summed E-state index contributed by atoms with van der Waals surface area (Å²) >= 11 is 1.42. The molecule has 1 heterocycles. The Kier molecular flexibility index (Phi) is 3.89. The molecule has 5 heteroatoms. The number of nitro benzene ring substituents is 1. The van der Waals surface area contributed by atoms with E-state index in [2.05, 4.69) is 0 Å². The lowest BCUT2D eigenvalue weighted by Crippen LogP contribution is -1.93. The maximum absolute atomic E-state index is 12.2. The van der Waals surface area contributed by atoms with Crippen molar-refractivity contribution in [2.75, 3.05) is 0 Å². The van der Waals surface area contributed by atoms with Gasteiger partial charge >= 0.3 is 0 Å². The van der Waals surface area contributed by atoms with Gasteiger partial charge in [0.15, 0.2) is 0 Å². The molecule has 0 amide bonds. The SMILES string of the molecule is O=C1/C(=C\C=C\c2ccccc2[N+](=O)[O-])Sc2ccccc21. The molecule has 0 radical (unpaired) electrons. The van der Waals surface area contributed by atoms with Crippen LogP contribution in [-0.2, 0) is 0 Å². The van der Waals surface area contributed by atoms with Crippen molar-refractivity contribution in [3.05, 3.63) is 86.8 Å². The summed E-state index contributed by atoms with van der Waals surface area (Å²) in [6, 6.07) is 13.9. The van der Waals surface area contributed by atoms with Crippen LogP contribution >= 0.6 is 11.8 Å². The average molecular weight is 309 g/mol. The van der Waals surface area contributed by atoms with Gasteiger partial charge in [-0.3, -0.25) is 14.9 Å². The Morgan fingerprint density at radius 3 is 2.55 bits per heavy atom. The van der Waals surface area contributed by atoms with E-state index in [0.29, 0.717) is 16.0 Å². The molecule has 1 aliphatic rings. The number of thioether (sulfide) groups is 1. The molecule has 0 unspecified atom stereocenters. The zero-order valence-electron chi connectivity index (χ0n) is 11.4. The number of ketones is 1. The third-order valence-electron chi connectivity index (χ3n) is 3.23. The van der Waals surface area contributed by atoms with Crippen LogP contribution in [0.3, 0.4) is 0 Å². The van der Waals surface area contributed by atoms with Crippen LogP contribution in [0.4, 0.5) is 5.69 Å². The van der Waals surface area contributed by atoms with Gasteiger partial charge < -0.3 is 0 Å². The summed E-state index contributed by atoms with van der Waals surface area (Å²) in [5, 5.41) is 10.9. The summed E-state index contributed by atoms with van der Waals surface area (Å²) in [7, 11) is 0. The van der Waals surface area contributed by atoms with E-state index in [0.717, 1.165) is 4.90 Å². The van der Waals surface area contributed by atoms with Gasteiger partial charge in [-0.25, -0.2) is 0 Å². The predicted molar refractivity (Wildman–Crippen MR) is 86.8 cm³/mol. The highest BCUT2D eigenvalue weighted by Gasteiger charge is 2.24. The fraction of sp³-hybridized carbons (Fsp3) is 0. The Balaban J connectivity index is 1.84. The molecule has 1 aliphatic heterocycles. The molecule has 22 heavy (non-hydrogen) atoms. The Hall–Kier alpha value is -2.66. The second-order valence-electron chi connectivity index (χ2n) is 4.63. The number of nitro groups is 1. The molecular weight excluding hydrogens is 298 g/mol. The van der Waals surface area contributed by atoms with Crippen LogP contribution in [-0.4, -0.2) is 10.7 Å². The van der Waals surface area contributed by atoms with Crippen LogP contribution in [0.5, 0.6) is 0 Å². The predicted octanol–water partition coefficient (Wildman–Crippen LogP) is 4.48. The summed E-state index contributed by atoms with van der Waals surface area (Å²) in [6.07, 6.45) is 5.01. The van der Waals surface area contributed by atoms with Gasteiger partial charge in [-0.2, -0.15) is 0 Å². The number of rotatable bonds is 3. The zero-order valence-corrected chi connectivity index (χ0v) is 12.2. The van der Waals surface area contributed by atoms with Crippen molar-refractivity contribution in [2.45, 2.75) is 4.90 Å². The fourth-order valence-corrected chi connectivity index (χ4v) is 3.19. The lowest BCUT2D eigenvalue weighted by atomic mass is 10.1. The minimum atomic E-state index is -0.419. The number of hydrogen-bond acceptors (Lipinski definition) is 4.